The van der Waals surface area contributed by atoms with Crippen molar-refractivity contribution in [2.45, 2.75) is 26.3 Å². The van der Waals surface area contributed by atoms with Crippen LogP contribution >= 0.6 is 0 Å². The number of fused-ring (bicyclic) bond motifs is 1. The number of carbonyl (C=O) groups is 3. The Balaban J connectivity index is 1.77. The summed E-state index contributed by atoms with van der Waals surface area (Å²) in [6.07, 6.45) is 0.638. The molecule has 1 fully saturated rings. The molecule has 1 aromatic carbocycles. The summed E-state index contributed by atoms with van der Waals surface area (Å²) in [5.41, 5.74) is 0.680. The van der Waals surface area contributed by atoms with Crippen molar-refractivity contribution in [3.05, 3.63) is 35.4 Å². The zero-order valence-corrected chi connectivity index (χ0v) is 19.5. The Morgan fingerprint density at radius 3 is 1.67 bits per heavy atom. The minimum atomic E-state index is -0.892. The summed E-state index contributed by atoms with van der Waals surface area (Å²) in [6, 6.07) is 5.81. The molecular weight excluding hydrogens is 428 g/mol. The molecule has 0 radical (unpaired) electrons. The summed E-state index contributed by atoms with van der Waals surface area (Å²) in [7, 11) is 0. The van der Waals surface area contributed by atoms with E-state index >= 15 is 0 Å². The second-order valence-electron chi connectivity index (χ2n) is 8.13. The highest BCUT2D eigenvalue weighted by Gasteiger charge is 2.45. The van der Waals surface area contributed by atoms with Gasteiger partial charge in [-0.2, -0.15) is 0 Å². The van der Waals surface area contributed by atoms with Gasteiger partial charge in [0.05, 0.1) is 64.0 Å². The molecule has 0 aromatic heterocycles. The second kappa shape index (κ2) is 12.8. The van der Waals surface area contributed by atoms with Crippen LogP contribution in [0.25, 0.3) is 0 Å². The van der Waals surface area contributed by atoms with Crippen molar-refractivity contribution in [3.8, 4) is 0 Å². The van der Waals surface area contributed by atoms with Gasteiger partial charge < -0.3 is 23.8 Å². The smallest absolute Gasteiger partial charge is 0.262 e. The van der Waals surface area contributed by atoms with Crippen molar-refractivity contribution in [3.63, 3.8) is 0 Å². The molecule has 2 atom stereocenters. The first-order chi connectivity index (χ1) is 16.1. The van der Waals surface area contributed by atoms with Crippen LogP contribution < -0.4 is 0 Å². The molecule has 0 unspecified atom stereocenters. The molecule has 9 heteroatoms. The molecule has 182 valence electrons. The van der Waals surface area contributed by atoms with Gasteiger partial charge in [0, 0.05) is 13.1 Å². The van der Waals surface area contributed by atoms with Gasteiger partial charge in [-0.05, 0) is 18.1 Å². The molecule has 1 aromatic rings. The van der Waals surface area contributed by atoms with Crippen LogP contribution in [0.15, 0.2) is 24.3 Å². The highest BCUT2D eigenvalue weighted by atomic mass is 16.6. The molecule has 0 aliphatic carbocycles. The van der Waals surface area contributed by atoms with Gasteiger partial charge in [0.2, 0.25) is 5.91 Å². The van der Waals surface area contributed by atoms with Crippen molar-refractivity contribution in [2.75, 3.05) is 65.9 Å². The number of hydrogen-bond donors (Lipinski definition) is 0. The largest absolute Gasteiger partial charge is 0.377 e. The predicted octanol–water partition coefficient (Wildman–Crippen LogP) is 1.61. The monoisotopic (exact) mass is 462 g/mol. The molecule has 0 bridgehead atoms. The van der Waals surface area contributed by atoms with Crippen LogP contribution in [0.5, 0.6) is 0 Å². The van der Waals surface area contributed by atoms with Crippen molar-refractivity contribution < 1.29 is 33.3 Å². The minimum Gasteiger partial charge on any atom is -0.377 e. The number of hydrogen-bond acceptors (Lipinski definition) is 7. The van der Waals surface area contributed by atoms with Crippen molar-refractivity contribution in [1.82, 2.24) is 9.80 Å². The maximum absolute atomic E-state index is 13.7. The summed E-state index contributed by atoms with van der Waals surface area (Å²) < 4.78 is 22.1. The third-order valence-electron chi connectivity index (χ3n) is 5.98. The molecule has 2 heterocycles. The number of imide groups is 1. The van der Waals surface area contributed by atoms with E-state index in [9.17, 15) is 14.4 Å². The van der Waals surface area contributed by atoms with Crippen LogP contribution in [0.3, 0.4) is 0 Å². The molecular formula is C24H34N2O7. The molecule has 3 amide bonds. The predicted molar refractivity (Wildman–Crippen MR) is 120 cm³/mol. The second-order valence-corrected chi connectivity index (χ2v) is 8.13. The fourth-order valence-electron chi connectivity index (χ4n) is 3.92. The summed E-state index contributed by atoms with van der Waals surface area (Å²) in [5.74, 6) is -1.33. The van der Waals surface area contributed by atoms with Crippen molar-refractivity contribution in [1.29, 1.82) is 0 Å². The van der Waals surface area contributed by atoms with E-state index in [4.69, 9.17) is 18.9 Å². The van der Waals surface area contributed by atoms with E-state index < -0.39 is 17.9 Å². The standard InChI is InChI=1S/C24H34N2O7/c1-3-18(2)21(26-22(27)19-6-4-5-7-20(19)23(26)28)24(29)25-8-10-30-12-14-32-16-17-33-15-13-31-11-9-25/h4-7,18,21H,3,8-17H2,1-2H3/t18-,21+/m1/s1. The first-order valence-corrected chi connectivity index (χ1v) is 11.6. The average molecular weight is 463 g/mol. The number of nitrogens with zero attached hydrogens (tertiary/aromatic N) is 2. The highest BCUT2D eigenvalue weighted by molar-refractivity contribution is 6.22. The number of rotatable bonds is 4. The van der Waals surface area contributed by atoms with Gasteiger partial charge in [-0.25, -0.2) is 0 Å². The fourth-order valence-corrected chi connectivity index (χ4v) is 3.92. The molecule has 0 saturated carbocycles. The normalized spacial score (nSPS) is 21.2. The lowest BCUT2D eigenvalue weighted by atomic mass is 9.96. The van der Waals surface area contributed by atoms with Gasteiger partial charge in [0.1, 0.15) is 6.04 Å². The first-order valence-electron chi connectivity index (χ1n) is 11.6. The minimum absolute atomic E-state index is 0.208. The van der Waals surface area contributed by atoms with Gasteiger partial charge in [-0.15, -0.1) is 0 Å². The van der Waals surface area contributed by atoms with Crippen molar-refractivity contribution in [2.24, 2.45) is 5.92 Å². The summed E-state index contributed by atoms with van der Waals surface area (Å²) >= 11 is 0. The Bertz CT molecular complexity index is 765. The van der Waals surface area contributed by atoms with E-state index in [2.05, 4.69) is 0 Å². The number of benzene rings is 1. The quantitative estimate of drug-likeness (QED) is 0.628. The zero-order valence-electron chi connectivity index (χ0n) is 19.5. The first kappa shape index (κ1) is 25.3. The molecule has 9 nitrogen and oxygen atoms in total. The van der Waals surface area contributed by atoms with Gasteiger partial charge >= 0.3 is 0 Å². The SMILES string of the molecule is CC[C@@H](C)[C@@H](C(=O)N1CCOCCOCCOCCOCC1)N1C(=O)c2ccccc2C1=O. The lowest BCUT2D eigenvalue weighted by Gasteiger charge is -2.34. The molecule has 2 aliphatic heterocycles. The lowest BCUT2D eigenvalue weighted by molar-refractivity contribution is -0.138. The van der Waals surface area contributed by atoms with E-state index in [0.717, 1.165) is 4.90 Å². The average Bonchev–Trinajstić information content (AvgIpc) is 3.07. The van der Waals surface area contributed by atoms with E-state index in [1.807, 2.05) is 13.8 Å². The van der Waals surface area contributed by atoms with Crippen molar-refractivity contribution >= 4 is 17.7 Å². The molecule has 1 saturated heterocycles. The molecule has 33 heavy (non-hydrogen) atoms. The zero-order chi connectivity index (χ0) is 23.6. The van der Waals surface area contributed by atoms with Crippen LogP contribution in [0.4, 0.5) is 0 Å². The number of amides is 3. The number of ether oxygens (including phenoxy) is 4. The summed E-state index contributed by atoms with van der Waals surface area (Å²) in [5, 5.41) is 0. The Hall–Kier alpha value is -2.33. The molecule has 3 rings (SSSR count). The molecule has 0 N–H and O–H groups in total. The van der Waals surface area contributed by atoms with E-state index in [-0.39, 0.29) is 11.8 Å². The van der Waals surface area contributed by atoms with Crippen LogP contribution in [-0.4, -0.2) is 99.5 Å². The van der Waals surface area contributed by atoms with E-state index in [0.29, 0.717) is 83.5 Å². The van der Waals surface area contributed by atoms with Gasteiger partial charge in [0.15, 0.2) is 0 Å². The summed E-state index contributed by atoms with van der Waals surface area (Å²) in [6.45, 7) is 7.82. The highest BCUT2D eigenvalue weighted by Crippen LogP contribution is 2.29. The lowest BCUT2D eigenvalue weighted by Crippen LogP contribution is -2.55. The Labute approximate surface area is 194 Å². The summed E-state index contributed by atoms with van der Waals surface area (Å²) in [4.78, 5) is 42.8. The van der Waals surface area contributed by atoms with E-state index in [1.54, 1.807) is 29.2 Å². The Morgan fingerprint density at radius 1 is 0.818 bits per heavy atom. The van der Waals surface area contributed by atoms with E-state index in [1.165, 1.54) is 0 Å². The Kier molecular flexibility index (Phi) is 9.80. The maximum Gasteiger partial charge on any atom is 0.262 e. The van der Waals surface area contributed by atoms with Gasteiger partial charge in [0.25, 0.3) is 11.8 Å². The third kappa shape index (κ3) is 6.38. The third-order valence-corrected chi connectivity index (χ3v) is 5.98. The Morgan fingerprint density at radius 2 is 1.24 bits per heavy atom. The van der Waals surface area contributed by atoms with Gasteiger partial charge in [-0.3, -0.25) is 19.3 Å². The van der Waals surface area contributed by atoms with Crippen LogP contribution in [0, 0.1) is 5.92 Å². The fraction of sp³-hybridized carbons (Fsp3) is 0.625. The van der Waals surface area contributed by atoms with Crippen LogP contribution in [0.2, 0.25) is 0 Å². The van der Waals surface area contributed by atoms with Gasteiger partial charge in [-0.1, -0.05) is 32.4 Å². The molecule has 0 spiro atoms. The topological polar surface area (TPSA) is 94.6 Å². The molecule has 2 aliphatic rings. The van der Waals surface area contributed by atoms with Crippen LogP contribution in [-0.2, 0) is 23.7 Å². The maximum atomic E-state index is 13.7. The number of carbonyl (C=O) groups excluding carboxylic acids is 3. The van der Waals surface area contributed by atoms with Crippen LogP contribution in [0.1, 0.15) is 41.0 Å².